The van der Waals surface area contributed by atoms with Crippen molar-refractivity contribution in [2.45, 2.75) is 20.3 Å². The van der Waals surface area contributed by atoms with Crippen LogP contribution in [-0.2, 0) is 0 Å². The van der Waals surface area contributed by atoms with Gasteiger partial charge >= 0.3 is 0 Å². The average molecular weight is 222 g/mol. The van der Waals surface area contributed by atoms with E-state index < -0.39 is 0 Å². The molecule has 0 atom stereocenters. The summed E-state index contributed by atoms with van der Waals surface area (Å²) in [5.74, 6) is 0.952. The first-order valence-electron chi connectivity index (χ1n) is 5.67. The first kappa shape index (κ1) is 12.8. The largest absolute Gasteiger partial charge is 0.496 e. The van der Waals surface area contributed by atoms with Gasteiger partial charge in [-0.05, 0) is 50.1 Å². The zero-order valence-electron chi connectivity index (χ0n) is 10.7. The summed E-state index contributed by atoms with van der Waals surface area (Å²) in [5.41, 5.74) is 9.26. The molecule has 3 nitrogen and oxygen atoms in total. The van der Waals surface area contributed by atoms with Crippen molar-refractivity contribution in [3.63, 3.8) is 0 Å². The van der Waals surface area contributed by atoms with Crippen LogP contribution in [0.25, 0.3) is 0 Å². The molecule has 1 aromatic rings. The molecule has 0 bridgehead atoms. The lowest BCUT2D eigenvalue weighted by Gasteiger charge is -2.23. The molecule has 0 unspecified atom stereocenters. The Morgan fingerprint density at radius 1 is 1.25 bits per heavy atom. The van der Waals surface area contributed by atoms with E-state index in [0.717, 1.165) is 25.3 Å². The van der Waals surface area contributed by atoms with Crippen LogP contribution in [0.3, 0.4) is 0 Å². The molecule has 0 saturated carbocycles. The third kappa shape index (κ3) is 2.67. The fraction of sp³-hybridized carbons (Fsp3) is 0.538. The van der Waals surface area contributed by atoms with Crippen LogP contribution in [0, 0.1) is 13.8 Å². The summed E-state index contributed by atoms with van der Waals surface area (Å²) in [6.07, 6.45) is 1.01. The van der Waals surface area contributed by atoms with Crippen molar-refractivity contribution in [2.24, 2.45) is 5.73 Å². The van der Waals surface area contributed by atoms with E-state index in [9.17, 15) is 0 Å². The fourth-order valence-corrected chi connectivity index (χ4v) is 1.87. The number of nitrogens with two attached hydrogens (primary N) is 1. The van der Waals surface area contributed by atoms with E-state index in [2.05, 4.69) is 31.9 Å². The average Bonchev–Trinajstić information content (AvgIpc) is 2.29. The normalized spacial score (nSPS) is 10.3. The predicted octanol–water partition coefficient (Wildman–Crippen LogP) is 2.10. The molecule has 0 radical (unpaired) electrons. The summed E-state index contributed by atoms with van der Waals surface area (Å²) in [6.45, 7) is 5.95. The van der Waals surface area contributed by atoms with Crippen molar-refractivity contribution >= 4 is 5.69 Å². The van der Waals surface area contributed by atoms with Gasteiger partial charge in [0.25, 0.3) is 0 Å². The van der Waals surface area contributed by atoms with Crippen LogP contribution >= 0.6 is 0 Å². The third-order valence-corrected chi connectivity index (χ3v) is 3.04. The van der Waals surface area contributed by atoms with Crippen molar-refractivity contribution < 1.29 is 4.74 Å². The molecule has 2 N–H and O–H groups in total. The molecule has 0 saturated heterocycles. The molecule has 90 valence electrons. The number of hydrogen-bond donors (Lipinski definition) is 1. The standard InChI is InChI=1S/C13H22N2O/c1-10-11(2)13(16-4)7-6-12(10)15(3)9-5-8-14/h6-7H,5,8-9,14H2,1-4H3. The lowest BCUT2D eigenvalue weighted by atomic mass is 10.1. The maximum atomic E-state index is 5.52. The lowest BCUT2D eigenvalue weighted by Crippen LogP contribution is -2.22. The molecule has 0 amide bonds. The predicted molar refractivity (Wildman–Crippen MR) is 69.4 cm³/mol. The zero-order chi connectivity index (χ0) is 12.1. The Hall–Kier alpha value is -1.22. The highest BCUT2D eigenvalue weighted by molar-refractivity contribution is 5.59. The molecule has 16 heavy (non-hydrogen) atoms. The molecule has 1 rings (SSSR count). The molecule has 0 spiro atoms. The van der Waals surface area contributed by atoms with Crippen LogP contribution in [0.15, 0.2) is 12.1 Å². The summed E-state index contributed by atoms with van der Waals surface area (Å²) in [4.78, 5) is 2.24. The number of ether oxygens (including phenoxy) is 1. The second kappa shape index (κ2) is 5.75. The van der Waals surface area contributed by atoms with Crippen molar-refractivity contribution in [3.8, 4) is 5.75 Å². The van der Waals surface area contributed by atoms with Gasteiger partial charge in [-0.2, -0.15) is 0 Å². The molecule has 0 fully saturated rings. The van der Waals surface area contributed by atoms with E-state index >= 15 is 0 Å². The quantitative estimate of drug-likeness (QED) is 0.829. The molecule has 0 aliphatic carbocycles. The molecule has 0 aromatic heterocycles. The minimum absolute atomic E-state index is 0.735. The van der Waals surface area contributed by atoms with Gasteiger partial charge in [-0.1, -0.05) is 0 Å². The highest BCUT2D eigenvalue weighted by Gasteiger charge is 2.09. The third-order valence-electron chi connectivity index (χ3n) is 3.04. The molecule has 1 aromatic carbocycles. The van der Waals surface area contributed by atoms with E-state index in [1.165, 1.54) is 16.8 Å². The summed E-state index contributed by atoms with van der Waals surface area (Å²) < 4.78 is 5.30. The minimum atomic E-state index is 0.735. The summed E-state index contributed by atoms with van der Waals surface area (Å²) in [5, 5.41) is 0. The van der Waals surface area contributed by atoms with Gasteiger partial charge in [0.2, 0.25) is 0 Å². The van der Waals surface area contributed by atoms with Gasteiger partial charge in [0.15, 0.2) is 0 Å². The topological polar surface area (TPSA) is 38.5 Å². The summed E-state index contributed by atoms with van der Waals surface area (Å²) in [7, 11) is 3.81. The maximum Gasteiger partial charge on any atom is 0.122 e. The summed E-state index contributed by atoms with van der Waals surface area (Å²) >= 11 is 0. The Labute approximate surface area is 98.2 Å². The van der Waals surface area contributed by atoms with Crippen molar-refractivity contribution in [3.05, 3.63) is 23.3 Å². The van der Waals surface area contributed by atoms with Gasteiger partial charge in [-0.3, -0.25) is 0 Å². The number of benzene rings is 1. The monoisotopic (exact) mass is 222 g/mol. The molecular weight excluding hydrogens is 200 g/mol. The van der Waals surface area contributed by atoms with E-state index in [1.807, 2.05) is 6.07 Å². The van der Waals surface area contributed by atoms with Gasteiger partial charge in [-0.25, -0.2) is 0 Å². The van der Waals surface area contributed by atoms with Gasteiger partial charge < -0.3 is 15.4 Å². The van der Waals surface area contributed by atoms with Crippen LogP contribution < -0.4 is 15.4 Å². The molecule has 0 aliphatic rings. The number of rotatable bonds is 5. The van der Waals surface area contributed by atoms with E-state index in [-0.39, 0.29) is 0 Å². The number of hydrogen-bond acceptors (Lipinski definition) is 3. The van der Waals surface area contributed by atoms with Gasteiger partial charge in [0, 0.05) is 19.3 Å². The molecule has 3 heteroatoms. The second-order valence-corrected chi connectivity index (χ2v) is 4.10. The Morgan fingerprint density at radius 2 is 1.94 bits per heavy atom. The SMILES string of the molecule is COc1ccc(N(C)CCCN)c(C)c1C. The van der Waals surface area contributed by atoms with E-state index in [4.69, 9.17) is 10.5 Å². The van der Waals surface area contributed by atoms with Gasteiger partial charge in [0.1, 0.15) is 5.75 Å². The van der Waals surface area contributed by atoms with Crippen LogP contribution in [-0.4, -0.2) is 27.2 Å². The number of nitrogens with zero attached hydrogens (tertiary/aromatic N) is 1. The van der Waals surface area contributed by atoms with Crippen molar-refractivity contribution in [1.82, 2.24) is 0 Å². The zero-order valence-corrected chi connectivity index (χ0v) is 10.7. The van der Waals surface area contributed by atoms with Crippen molar-refractivity contribution in [2.75, 3.05) is 32.1 Å². The Balaban J connectivity index is 2.93. The highest BCUT2D eigenvalue weighted by atomic mass is 16.5. The number of anilines is 1. The van der Waals surface area contributed by atoms with E-state index in [0.29, 0.717) is 0 Å². The Bertz CT molecular complexity index is 350. The van der Waals surface area contributed by atoms with Crippen LogP contribution in [0.4, 0.5) is 5.69 Å². The van der Waals surface area contributed by atoms with Crippen LogP contribution in [0.2, 0.25) is 0 Å². The number of methoxy groups -OCH3 is 1. The first-order chi connectivity index (χ1) is 7.61. The molecule has 0 aliphatic heterocycles. The Kier molecular flexibility index (Phi) is 4.62. The van der Waals surface area contributed by atoms with Crippen molar-refractivity contribution in [1.29, 1.82) is 0 Å². The highest BCUT2D eigenvalue weighted by Crippen LogP contribution is 2.29. The fourth-order valence-electron chi connectivity index (χ4n) is 1.87. The molecular formula is C13H22N2O. The second-order valence-electron chi connectivity index (χ2n) is 4.10. The minimum Gasteiger partial charge on any atom is -0.496 e. The maximum absolute atomic E-state index is 5.52. The van der Waals surface area contributed by atoms with Crippen LogP contribution in [0.5, 0.6) is 5.75 Å². The van der Waals surface area contributed by atoms with Crippen LogP contribution in [0.1, 0.15) is 17.5 Å². The molecule has 0 heterocycles. The van der Waals surface area contributed by atoms with Gasteiger partial charge in [0.05, 0.1) is 7.11 Å². The smallest absolute Gasteiger partial charge is 0.122 e. The van der Waals surface area contributed by atoms with E-state index in [1.54, 1.807) is 7.11 Å². The Morgan fingerprint density at radius 3 is 2.50 bits per heavy atom. The summed E-state index contributed by atoms with van der Waals surface area (Å²) in [6, 6.07) is 4.13. The van der Waals surface area contributed by atoms with Gasteiger partial charge in [-0.15, -0.1) is 0 Å². The first-order valence-corrected chi connectivity index (χ1v) is 5.67. The lowest BCUT2D eigenvalue weighted by molar-refractivity contribution is 0.411.